The van der Waals surface area contributed by atoms with E-state index in [2.05, 4.69) is 33.9 Å². The van der Waals surface area contributed by atoms with Crippen LogP contribution in [0, 0.1) is 6.92 Å². The van der Waals surface area contributed by atoms with Crippen molar-refractivity contribution in [3.8, 4) is 5.82 Å². The smallest absolute Gasteiger partial charge is 0.230 e. The van der Waals surface area contributed by atoms with Crippen LogP contribution in [0.1, 0.15) is 30.7 Å². The maximum absolute atomic E-state index is 13.1. The van der Waals surface area contributed by atoms with Crippen LogP contribution in [0.5, 0.6) is 0 Å². The number of nitrogens with zero attached hydrogens (tertiary/aromatic N) is 5. The maximum atomic E-state index is 13.1. The molecule has 0 radical (unpaired) electrons. The molecule has 6 nitrogen and oxygen atoms in total. The summed E-state index contributed by atoms with van der Waals surface area (Å²) < 4.78 is 1.99. The Morgan fingerprint density at radius 3 is 2.28 bits per heavy atom. The fourth-order valence-electron chi connectivity index (χ4n) is 3.93. The average molecular weight is 390 g/mol. The van der Waals surface area contributed by atoms with Crippen molar-refractivity contribution in [1.29, 1.82) is 0 Å². The third-order valence-corrected chi connectivity index (χ3v) is 5.50. The van der Waals surface area contributed by atoms with E-state index in [4.69, 9.17) is 0 Å². The number of piperazine rings is 1. The third-order valence-electron chi connectivity index (χ3n) is 5.50. The van der Waals surface area contributed by atoms with Crippen LogP contribution in [-0.4, -0.2) is 51.5 Å². The van der Waals surface area contributed by atoms with Gasteiger partial charge in [-0.2, -0.15) is 0 Å². The van der Waals surface area contributed by atoms with Gasteiger partial charge in [0, 0.05) is 44.6 Å². The average Bonchev–Trinajstić information content (AvgIpc) is 3.30. The van der Waals surface area contributed by atoms with Crippen LogP contribution in [0.15, 0.2) is 60.9 Å². The first-order chi connectivity index (χ1) is 14.2. The second-order valence-electron chi connectivity index (χ2n) is 7.41. The number of carbonyl (C=O) groups is 1. The van der Waals surface area contributed by atoms with Gasteiger partial charge in [0.1, 0.15) is 17.5 Å². The zero-order chi connectivity index (χ0) is 20.2. The molecule has 2 aromatic heterocycles. The second-order valence-corrected chi connectivity index (χ2v) is 7.41. The maximum Gasteiger partial charge on any atom is 0.230 e. The van der Waals surface area contributed by atoms with Gasteiger partial charge in [0.15, 0.2) is 0 Å². The van der Waals surface area contributed by atoms with E-state index in [1.807, 2.05) is 65.2 Å². The molecule has 6 heteroatoms. The standard InChI is InChI=1S/C23H27N5O/c1-3-20(19-9-5-4-6-10-19)23(29)28-15-13-27(14-16-28)22-17-21(24-18(2)25-22)26-11-7-8-12-26/h4-12,17,20H,3,13-16H2,1-2H3. The van der Waals surface area contributed by atoms with E-state index in [1.54, 1.807) is 0 Å². The third kappa shape index (κ3) is 4.16. The van der Waals surface area contributed by atoms with Gasteiger partial charge in [0.05, 0.1) is 5.92 Å². The highest BCUT2D eigenvalue weighted by Gasteiger charge is 2.28. The Morgan fingerprint density at radius 1 is 0.966 bits per heavy atom. The van der Waals surface area contributed by atoms with Crippen molar-refractivity contribution in [2.45, 2.75) is 26.2 Å². The van der Waals surface area contributed by atoms with Crippen LogP contribution < -0.4 is 4.90 Å². The van der Waals surface area contributed by atoms with E-state index in [1.165, 1.54) is 0 Å². The van der Waals surface area contributed by atoms with Crippen LogP contribution >= 0.6 is 0 Å². The number of anilines is 1. The van der Waals surface area contributed by atoms with Gasteiger partial charge < -0.3 is 14.4 Å². The molecule has 3 aromatic rings. The number of rotatable bonds is 5. The lowest BCUT2D eigenvalue weighted by Gasteiger charge is -2.37. The first-order valence-corrected chi connectivity index (χ1v) is 10.2. The van der Waals surface area contributed by atoms with Crippen molar-refractivity contribution in [2.24, 2.45) is 0 Å². The molecular weight excluding hydrogens is 362 g/mol. The number of aryl methyl sites for hydroxylation is 1. The minimum Gasteiger partial charge on any atom is -0.353 e. The zero-order valence-corrected chi connectivity index (χ0v) is 17.0. The first kappa shape index (κ1) is 19.2. The molecule has 150 valence electrons. The summed E-state index contributed by atoms with van der Waals surface area (Å²) in [6.07, 6.45) is 4.78. The first-order valence-electron chi connectivity index (χ1n) is 10.2. The van der Waals surface area contributed by atoms with Crippen LogP contribution in [0.2, 0.25) is 0 Å². The van der Waals surface area contributed by atoms with Crippen molar-refractivity contribution in [2.75, 3.05) is 31.1 Å². The van der Waals surface area contributed by atoms with Gasteiger partial charge in [-0.3, -0.25) is 4.79 Å². The minimum atomic E-state index is -0.0654. The minimum absolute atomic E-state index is 0.0654. The zero-order valence-electron chi connectivity index (χ0n) is 17.0. The lowest BCUT2D eigenvalue weighted by Crippen LogP contribution is -2.50. The second kappa shape index (κ2) is 8.47. The Labute approximate surface area is 171 Å². The molecule has 0 saturated carbocycles. The molecule has 0 spiro atoms. The van der Waals surface area contributed by atoms with Crippen LogP contribution in [-0.2, 0) is 4.79 Å². The number of carbonyl (C=O) groups excluding carboxylic acids is 1. The highest BCUT2D eigenvalue weighted by Crippen LogP contribution is 2.24. The number of aromatic nitrogens is 3. The molecule has 1 amide bonds. The number of hydrogen-bond donors (Lipinski definition) is 0. The summed E-state index contributed by atoms with van der Waals surface area (Å²) in [5.41, 5.74) is 1.10. The van der Waals surface area contributed by atoms with Gasteiger partial charge in [-0.25, -0.2) is 9.97 Å². The van der Waals surface area contributed by atoms with Crippen molar-refractivity contribution in [3.63, 3.8) is 0 Å². The molecule has 1 saturated heterocycles. The molecule has 29 heavy (non-hydrogen) atoms. The summed E-state index contributed by atoms with van der Waals surface area (Å²) in [4.78, 5) is 26.5. The van der Waals surface area contributed by atoms with Gasteiger partial charge >= 0.3 is 0 Å². The van der Waals surface area contributed by atoms with Crippen molar-refractivity contribution < 1.29 is 4.79 Å². The van der Waals surface area contributed by atoms with E-state index in [-0.39, 0.29) is 11.8 Å². The summed E-state index contributed by atoms with van der Waals surface area (Å²) in [6.45, 7) is 6.98. The van der Waals surface area contributed by atoms with E-state index in [0.29, 0.717) is 13.1 Å². The van der Waals surface area contributed by atoms with Crippen molar-refractivity contribution in [3.05, 3.63) is 72.3 Å². The molecule has 1 atom stereocenters. The molecule has 3 heterocycles. The highest BCUT2D eigenvalue weighted by atomic mass is 16.2. The summed E-state index contributed by atoms with van der Waals surface area (Å²) in [7, 11) is 0. The highest BCUT2D eigenvalue weighted by molar-refractivity contribution is 5.84. The molecule has 1 aliphatic heterocycles. The van der Waals surface area contributed by atoms with Crippen LogP contribution in [0.25, 0.3) is 5.82 Å². The molecule has 0 N–H and O–H groups in total. The quantitative estimate of drug-likeness (QED) is 0.671. The number of hydrogen-bond acceptors (Lipinski definition) is 4. The lowest BCUT2D eigenvalue weighted by atomic mass is 9.95. The fourth-order valence-corrected chi connectivity index (χ4v) is 3.93. The van der Waals surface area contributed by atoms with Gasteiger partial charge in [-0.15, -0.1) is 0 Å². The molecule has 1 aromatic carbocycles. The Balaban J connectivity index is 1.45. The molecule has 4 rings (SSSR count). The monoisotopic (exact) mass is 389 g/mol. The Hall–Kier alpha value is -3.15. The Kier molecular flexibility index (Phi) is 5.60. The number of amides is 1. The van der Waals surface area contributed by atoms with E-state index >= 15 is 0 Å². The topological polar surface area (TPSA) is 54.3 Å². The van der Waals surface area contributed by atoms with Crippen LogP contribution in [0.4, 0.5) is 5.82 Å². The fraction of sp³-hybridized carbons (Fsp3) is 0.348. The summed E-state index contributed by atoms with van der Waals surface area (Å²) in [5.74, 6) is 2.70. The largest absolute Gasteiger partial charge is 0.353 e. The predicted octanol–water partition coefficient (Wildman–Crippen LogP) is 3.42. The normalized spacial score (nSPS) is 15.4. The van der Waals surface area contributed by atoms with Gasteiger partial charge in [0.25, 0.3) is 0 Å². The summed E-state index contributed by atoms with van der Waals surface area (Å²) in [5, 5.41) is 0. The summed E-state index contributed by atoms with van der Waals surface area (Å²) in [6, 6.07) is 16.1. The Bertz CT molecular complexity index is 947. The van der Waals surface area contributed by atoms with Crippen molar-refractivity contribution >= 4 is 11.7 Å². The SMILES string of the molecule is CCC(C(=O)N1CCN(c2cc(-n3cccc3)nc(C)n2)CC1)c1ccccc1. The molecule has 0 aliphatic carbocycles. The lowest BCUT2D eigenvalue weighted by molar-refractivity contribution is -0.133. The molecular formula is C23H27N5O. The van der Waals surface area contributed by atoms with Crippen LogP contribution in [0.3, 0.4) is 0 Å². The molecule has 0 bridgehead atoms. The van der Waals surface area contributed by atoms with Gasteiger partial charge in [-0.1, -0.05) is 37.3 Å². The van der Waals surface area contributed by atoms with E-state index < -0.39 is 0 Å². The molecule has 1 fully saturated rings. The van der Waals surface area contributed by atoms with Gasteiger partial charge in [-0.05, 0) is 31.0 Å². The summed E-state index contributed by atoms with van der Waals surface area (Å²) >= 11 is 0. The predicted molar refractivity (Wildman–Crippen MR) is 114 cm³/mol. The molecule has 1 unspecified atom stereocenters. The Morgan fingerprint density at radius 2 is 1.62 bits per heavy atom. The van der Waals surface area contributed by atoms with Crippen molar-refractivity contribution in [1.82, 2.24) is 19.4 Å². The number of benzene rings is 1. The van der Waals surface area contributed by atoms with E-state index in [9.17, 15) is 4.79 Å². The molecule has 1 aliphatic rings. The van der Waals surface area contributed by atoms with Gasteiger partial charge in [0.2, 0.25) is 5.91 Å². The van der Waals surface area contributed by atoms with E-state index in [0.717, 1.165) is 42.5 Å².